The average Bonchev–Trinajstić information content (AvgIpc) is 2.69. The van der Waals surface area contributed by atoms with Gasteiger partial charge in [-0.05, 0) is 6.07 Å². The molecule has 0 aromatic heterocycles. The topological polar surface area (TPSA) is 115 Å². The summed E-state index contributed by atoms with van der Waals surface area (Å²) in [6.07, 6.45) is 0. The van der Waals surface area contributed by atoms with Crippen molar-refractivity contribution in [1.29, 1.82) is 0 Å². The Bertz CT molecular complexity index is 747. The van der Waals surface area contributed by atoms with Crippen molar-refractivity contribution in [3.63, 3.8) is 0 Å². The SMILES string of the molecule is CC.CC.O=C(NCc1ccccc1[N+](=O)[O-])c1ccccc1[N+](=O)[O-]. The van der Waals surface area contributed by atoms with E-state index in [9.17, 15) is 25.0 Å². The van der Waals surface area contributed by atoms with E-state index in [1.165, 1.54) is 42.5 Å². The van der Waals surface area contributed by atoms with Crippen LogP contribution in [-0.4, -0.2) is 15.8 Å². The summed E-state index contributed by atoms with van der Waals surface area (Å²) in [5.74, 6) is -0.662. The van der Waals surface area contributed by atoms with E-state index in [1.54, 1.807) is 6.07 Å². The van der Waals surface area contributed by atoms with Gasteiger partial charge in [-0.15, -0.1) is 0 Å². The van der Waals surface area contributed by atoms with Crippen molar-refractivity contribution in [2.45, 2.75) is 34.2 Å². The van der Waals surface area contributed by atoms with Gasteiger partial charge >= 0.3 is 0 Å². The van der Waals surface area contributed by atoms with Crippen molar-refractivity contribution >= 4 is 17.3 Å². The Balaban J connectivity index is 0.00000146. The van der Waals surface area contributed by atoms with Gasteiger partial charge < -0.3 is 5.32 Å². The van der Waals surface area contributed by atoms with Crippen LogP contribution in [0, 0.1) is 20.2 Å². The Morgan fingerprint density at radius 2 is 1.31 bits per heavy atom. The molecular weight excluding hydrogens is 338 g/mol. The van der Waals surface area contributed by atoms with Gasteiger partial charge in [-0.2, -0.15) is 0 Å². The highest BCUT2D eigenvalue weighted by Gasteiger charge is 2.20. The molecule has 0 aliphatic carbocycles. The zero-order valence-corrected chi connectivity index (χ0v) is 15.3. The monoisotopic (exact) mass is 361 g/mol. The van der Waals surface area contributed by atoms with Crippen molar-refractivity contribution in [2.24, 2.45) is 0 Å². The van der Waals surface area contributed by atoms with Gasteiger partial charge in [0.2, 0.25) is 0 Å². The number of hydrogen-bond donors (Lipinski definition) is 1. The molecule has 0 unspecified atom stereocenters. The summed E-state index contributed by atoms with van der Waals surface area (Å²) in [4.78, 5) is 32.6. The van der Waals surface area contributed by atoms with Gasteiger partial charge in [-0.3, -0.25) is 25.0 Å². The lowest BCUT2D eigenvalue weighted by atomic mass is 10.1. The van der Waals surface area contributed by atoms with Crippen LogP contribution in [-0.2, 0) is 6.54 Å². The van der Waals surface area contributed by atoms with Crippen LogP contribution in [0.5, 0.6) is 0 Å². The third-order valence-corrected chi connectivity index (χ3v) is 2.97. The molecule has 140 valence electrons. The van der Waals surface area contributed by atoms with E-state index in [4.69, 9.17) is 0 Å². The summed E-state index contributed by atoms with van der Waals surface area (Å²) in [6.45, 7) is 7.90. The number of carbonyl (C=O) groups is 1. The first-order valence-corrected chi connectivity index (χ1v) is 8.24. The highest BCUT2D eigenvalue weighted by atomic mass is 16.6. The molecule has 8 nitrogen and oxygen atoms in total. The highest BCUT2D eigenvalue weighted by Crippen LogP contribution is 2.19. The number of benzene rings is 2. The van der Waals surface area contributed by atoms with Crippen molar-refractivity contribution in [3.05, 3.63) is 79.9 Å². The molecule has 2 rings (SSSR count). The van der Waals surface area contributed by atoms with Gasteiger partial charge in [0.1, 0.15) is 5.56 Å². The van der Waals surface area contributed by atoms with Gasteiger partial charge in [0, 0.05) is 24.2 Å². The lowest BCUT2D eigenvalue weighted by Gasteiger charge is -2.06. The van der Waals surface area contributed by atoms with Crippen LogP contribution in [0.15, 0.2) is 48.5 Å². The summed E-state index contributed by atoms with van der Waals surface area (Å²) in [5.41, 5.74) is -0.210. The van der Waals surface area contributed by atoms with E-state index in [1.807, 2.05) is 27.7 Å². The summed E-state index contributed by atoms with van der Waals surface area (Å²) in [7, 11) is 0. The predicted molar refractivity (Wildman–Crippen MR) is 100 cm³/mol. The third-order valence-electron chi connectivity index (χ3n) is 2.97. The minimum Gasteiger partial charge on any atom is -0.347 e. The second kappa shape index (κ2) is 12.1. The van der Waals surface area contributed by atoms with Gasteiger partial charge in [0.25, 0.3) is 17.3 Å². The second-order valence-electron chi connectivity index (χ2n) is 4.34. The van der Waals surface area contributed by atoms with E-state index in [0.29, 0.717) is 5.56 Å². The normalized spacial score (nSPS) is 8.92. The fourth-order valence-electron chi connectivity index (χ4n) is 1.93. The highest BCUT2D eigenvalue weighted by molar-refractivity contribution is 5.98. The molecule has 0 fully saturated rings. The fraction of sp³-hybridized carbons (Fsp3) is 0.278. The molecule has 0 bridgehead atoms. The smallest absolute Gasteiger partial charge is 0.282 e. The van der Waals surface area contributed by atoms with E-state index >= 15 is 0 Å². The van der Waals surface area contributed by atoms with E-state index in [0.717, 1.165) is 0 Å². The summed E-state index contributed by atoms with van der Waals surface area (Å²) in [6, 6.07) is 11.5. The Morgan fingerprint density at radius 3 is 1.85 bits per heavy atom. The first-order valence-electron chi connectivity index (χ1n) is 8.24. The first-order chi connectivity index (χ1) is 12.5. The molecule has 0 aliphatic rings. The average molecular weight is 361 g/mol. The number of para-hydroxylation sites is 2. The quantitative estimate of drug-likeness (QED) is 0.622. The van der Waals surface area contributed by atoms with Gasteiger partial charge in [-0.25, -0.2) is 0 Å². The number of carbonyl (C=O) groups excluding carboxylic acids is 1. The number of nitro groups is 2. The molecule has 8 heteroatoms. The van der Waals surface area contributed by atoms with Crippen LogP contribution in [0.25, 0.3) is 0 Å². The maximum absolute atomic E-state index is 12.0. The molecule has 2 aromatic rings. The van der Waals surface area contributed by atoms with Crippen LogP contribution in [0.4, 0.5) is 11.4 Å². The van der Waals surface area contributed by atoms with Crippen LogP contribution >= 0.6 is 0 Å². The van der Waals surface area contributed by atoms with E-state index in [-0.39, 0.29) is 23.5 Å². The Kier molecular flexibility index (Phi) is 10.6. The minimum absolute atomic E-state index is 0.0916. The van der Waals surface area contributed by atoms with Crippen LogP contribution in [0.1, 0.15) is 43.6 Å². The van der Waals surface area contributed by atoms with Gasteiger partial charge in [0.05, 0.1) is 9.85 Å². The maximum Gasteiger partial charge on any atom is 0.282 e. The summed E-state index contributed by atoms with van der Waals surface area (Å²) < 4.78 is 0. The number of nitro benzene ring substituents is 2. The van der Waals surface area contributed by atoms with Crippen molar-refractivity contribution in [2.75, 3.05) is 0 Å². The zero-order valence-electron chi connectivity index (χ0n) is 15.3. The third kappa shape index (κ3) is 6.31. The van der Waals surface area contributed by atoms with Crippen molar-refractivity contribution < 1.29 is 14.6 Å². The van der Waals surface area contributed by atoms with Crippen LogP contribution < -0.4 is 5.32 Å². The molecule has 0 spiro atoms. The van der Waals surface area contributed by atoms with Crippen LogP contribution in [0.2, 0.25) is 0 Å². The summed E-state index contributed by atoms with van der Waals surface area (Å²) in [5, 5.41) is 24.2. The minimum atomic E-state index is -0.662. The number of nitrogens with zero attached hydrogens (tertiary/aromatic N) is 2. The second-order valence-corrected chi connectivity index (χ2v) is 4.34. The number of amides is 1. The molecule has 0 radical (unpaired) electrons. The molecule has 26 heavy (non-hydrogen) atoms. The molecule has 1 amide bonds. The zero-order chi connectivity index (χ0) is 20.1. The summed E-state index contributed by atoms with van der Waals surface area (Å²) >= 11 is 0. The molecule has 0 saturated heterocycles. The van der Waals surface area contributed by atoms with E-state index in [2.05, 4.69) is 5.32 Å². The Hall–Kier alpha value is -3.29. The maximum atomic E-state index is 12.0. The number of nitrogens with one attached hydrogen (secondary N) is 1. The largest absolute Gasteiger partial charge is 0.347 e. The molecular formula is C18H23N3O5. The predicted octanol–water partition coefficient (Wildman–Crippen LogP) is 4.49. The van der Waals surface area contributed by atoms with Gasteiger partial charge in [0.15, 0.2) is 0 Å². The number of rotatable bonds is 5. The Labute approximate surface area is 152 Å². The molecule has 0 atom stereocenters. The fourth-order valence-corrected chi connectivity index (χ4v) is 1.93. The molecule has 0 heterocycles. The van der Waals surface area contributed by atoms with Crippen LogP contribution in [0.3, 0.4) is 0 Å². The molecule has 0 aliphatic heterocycles. The molecule has 0 saturated carbocycles. The molecule has 2 aromatic carbocycles. The Morgan fingerprint density at radius 1 is 0.846 bits per heavy atom. The first kappa shape index (κ1) is 22.7. The lowest BCUT2D eigenvalue weighted by Crippen LogP contribution is -2.24. The number of hydrogen-bond acceptors (Lipinski definition) is 5. The van der Waals surface area contributed by atoms with Crippen molar-refractivity contribution in [3.8, 4) is 0 Å². The lowest BCUT2D eigenvalue weighted by molar-refractivity contribution is -0.385. The standard InChI is InChI=1S/C14H11N3O5.2C2H6/c18-14(11-6-2-4-8-13(11)17(21)22)15-9-10-5-1-3-7-12(10)16(19)20;2*1-2/h1-8H,9H2,(H,15,18);2*1-2H3. The van der Waals surface area contributed by atoms with Crippen molar-refractivity contribution in [1.82, 2.24) is 5.32 Å². The van der Waals surface area contributed by atoms with E-state index < -0.39 is 15.8 Å². The molecule has 1 N–H and O–H groups in total. The van der Waals surface area contributed by atoms with Gasteiger partial charge in [-0.1, -0.05) is 58.0 Å².